The largest absolute Gasteiger partial charge is 0.393 e. The summed E-state index contributed by atoms with van der Waals surface area (Å²) in [4.78, 5) is 0. The van der Waals surface area contributed by atoms with Gasteiger partial charge in [0.2, 0.25) is 0 Å². The summed E-state index contributed by atoms with van der Waals surface area (Å²) in [6.45, 7) is 9.67. The molecule has 2 nitrogen and oxygen atoms in total. The predicted octanol–water partition coefficient (Wildman–Crippen LogP) is 2.17. The number of nitrogens with one attached hydrogen (secondary N) is 1. The van der Waals surface area contributed by atoms with Crippen molar-refractivity contribution in [1.29, 1.82) is 0 Å². The molecule has 2 unspecified atom stereocenters. The highest BCUT2D eigenvalue weighted by Gasteiger charge is 2.42. The minimum Gasteiger partial charge on any atom is -0.393 e. The molecular formula is C12H25NO. The standard InChI is InChI=1S/C12H25NO/c1-9(2)11(14)5-8-13-10(3)12(4)6-7-12/h9-11,13-14H,5-8H2,1-4H3. The Morgan fingerprint density at radius 1 is 1.29 bits per heavy atom. The normalized spacial score (nSPS) is 23.6. The molecule has 0 radical (unpaired) electrons. The van der Waals surface area contributed by atoms with Crippen molar-refractivity contribution in [3.05, 3.63) is 0 Å². The van der Waals surface area contributed by atoms with E-state index in [2.05, 4.69) is 33.0 Å². The van der Waals surface area contributed by atoms with E-state index in [4.69, 9.17) is 0 Å². The first kappa shape index (κ1) is 12.0. The Hall–Kier alpha value is -0.0800. The highest BCUT2D eigenvalue weighted by molar-refractivity contribution is 4.96. The van der Waals surface area contributed by atoms with Crippen molar-refractivity contribution in [3.8, 4) is 0 Å². The van der Waals surface area contributed by atoms with Crippen molar-refractivity contribution in [2.45, 2.75) is 59.1 Å². The van der Waals surface area contributed by atoms with Crippen LogP contribution in [0.5, 0.6) is 0 Å². The van der Waals surface area contributed by atoms with Gasteiger partial charge in [0.05, 0.1) is 6.10 Å². The molecule has 2 N–H and O–H groups in total. The predicted molar refractivity (Wildman–Crippen MR) is 60.3 cm³/mol. The second-order valence-electron chi connectivity index (χ2n) is 5.43. The van der Waals surface area contributed by atoms with Crippen LogP contribution in [0.15, 0.2) is 0 Å². The number of hydrogen-bond donors (Lipinski definition) is 2. The summed E-state index contributed by atoms with van der Waals surface area (Å²) in [5, 5.41) is 13.1. The van der Waals surface area contributed by atoms with E-state index in [-0.39, 0.29) is 6.10 Å². The lowest BCUT2D eigenvalue weighted by molar-refractivity contribution is 0.114. The molecule has 1 aliphatic carbocycles. The van der Waals surface area contributed by atoms with E-state index in [0.29, 0.717) is 17.4 Å². The fourth-order valence-corrected chi connectivity index (χ4v) is 1.66. The van der Waals surface area contributed by atoms with Crippen molar-refractivity contribution in [2.24, 2.45) is 11.3 Å². The molecule has 1 fully saturated rings. The molecule has 0 heterocycles. The number of aliphatic hydroxyl groups excluding tert-OH is 1. The van der Waals surface area contributed by atoms with Gasteiger partial charge in [-0.2, -0.15) is 0 Å². The van der Waals surface area contributed by atoms with Gasteiger partial charge in [-0.1, -0.05) is 20.8 Å². The van der Waals surface area contributed by atoms with Gasteiger partial charge in [-0.3, -0.25) is 0 Å². The summed E-state index contributed by atoms with van der Waals surface area (Å²) in [7, 11) is 0. The van der Waals surface area contributed by atoms with E-state index >= 15 is 0 Å². The molecule has 1 saturated carbocycles. The maximum Gasteiger partial charge on any atom is 0.0575 e. The van der Waals surface area contributed by atoms with Crippen molar-refractivity contribution in [3.63, 3.8) is 0 Å². The van der Waals surface area contributed by atoms with Gasteiger partial charge in [-0.25, -0.2) is 0 Å². The Balaban J connectivity index is 2.09. The Labute approximate surface area is 88.1 Å². The molecule has 2 atom stereocenters. The van der Waals surface area contributed by atoms with Crippen LogP contribution in [-0.4, -0.2) is 23.8 Å². The second-order valence-corrected chi connectivity index (χ2v) is 5.43. The molecule has 84 valence electrons. The zero-order valence-corrected chi connectivity index (χ0v) is 10.0. The topological polar surface area (TPSA) is 32.3 Å². The molecule has 0 saturated heterocycles. The molecule has 0 amide bonds. The summed E-state index contributed by atoms with van der Waals surface area (Å²) in [5.74, 6) is 0.378. The second kappa shape index (κ2) is 4.63. The van der Waals surface area contributed by atoms with Gasteiger partial charge >= 0.3 is 0 Å². The molecule has 1 aliphatic rings. The Bertz CT molecular complexity index is 175. The van der Waals surface area contributed by atoms with Crippen LogP contribution in [0.2, 0.25) is 0 Å². The number of rotatable bonds is 6. The van der Waals surface area contributed by atoms with Crippen molar-refractivity contribution < 1.29 is 5.11 Å². The maximum absolute atomic E-state index is 9.62. The molecule has 0 spiro atoms. The van der Waals surface area contributed by atoms with Gasteiger partial charge < -0.3 is 10.4 Å². The van der Waals surface area contributed by atoms with Crippen LogP contribution < -0.4 is 5.32 Å². The zero-order chi connectivity index (χ0) is 10.8. The molecule has 0 aromatic carbocycles. The average Bonchev–Trinajstić information content (AvgIpc) is 2.84. The first-order chi connectivity index (χ1) is 6.46. The third-order valence-corrected chi connectivity index (χ3v) is 3.74. The van der Waals surface area contributed by atoms with Crippen molar-refractivity contribution in [1.82, 2.24) is 5.32 Å². The summed E-state index contributed by atoms with van der Waals surface area (Å²) in [6, 6.07) is 0.599. The number of aliphatic hydroxyl groups is 1. The van der Waals surface area contributed by atoms with Crippen molar-refractivity contribution in [2.75, 3.05) is 6.54 Å². The van der Waals surface area contributed by atoms with Gasteiger partial charge in [-0.05, 0) is 44.1 Å². The average molecular weight is 199 g/mol. The minimum absolute atomic E-state index is 0.151. The first-order valence-corrected chi connectivity index (χ1v) is 5.87. The van der Waals surface area contributed by atoms with Crippen LogP contribution in [0.4, 0.5) is 0 Å². The summed E-state index contributed by atoms with van der Waals surface area (Å²) >= 11 is 0. The Kier molecular flexibility index (Phi) is 3.96. The van der Waals surface area contributed by atoms with Crippen molar-refractivity contribution >= 4 is 0 Å². The van der Waals surface area contributed by atoms with E-state index in [1.54, 1.807) is 0 Å². The van der Waals surface area contributed by atoms with E-state index < -0.39 is 0 Å². The van der Waals surface area contributed by atoms with Gasteiger partial charge in [0.1, 0.15) is 0 Å². The molecule has 14 heavy (non-hydrogen) atoms. The Morgan fingerprint density at radius 3 is 2.29 bits per heavy atom. The molecule has 0 aliphatic heterocycles. The highest BCUT2D eigenvalue weighted by atomic mass is 16.3. The van der Waals surface area contributed by atoms with E-state index in [1.807, 2.05) is 0 Å². The van der Waals surface area contributed by atoms with Crippen LogP contribution in [-0.2, 0) is 0 Å². The Morgan fingerprint density at radius 2 is 1.86 bits per heavy atom. The molecular weight excluding hydrogens is 174 g/mol. The molecule has 0 aromatic rings. The smallest absolute Gasteiger partial charge is 0.0575 e. The van der Waals surface area contributed by atoms with Crippen LogP contribution in [0.25, 0.3) is 0 Å². The van der Waals surface area contributed by atoms with Gasteiger partial charge in [-0.15, -0.1) is 0 Å². The third-order valence-electron chi connectivity index (χ3n) is 3.74. The van der Waals surface area contributed by atoms with E-state index in [1.165, 1.54) is 12.8 Å². The van der Waals surface area contributed by atoms with Gasteiger partial charge in [0, 0.05) is 6.04 Å². The molecule has 2 heteroatoms. The van der Waals surface area contributed by atoms with Crippen LogP contribution >= 0.6 is 0 Å². The van der Waals surface area contributed by atoms with E-state index in [0.717, 1.165) is 13.0 Å². The number of hydrogen-bond acceptors (Lipinski definition) is 2. The lowest BCUT2D eigenvalue weighted by Crippen LogP contribution is -2.35. The molecule has 1 rings (SSSR count). The summed E-state index contributed by atoms with van der Waals surface area (Å²) < 4.78 is 0. The fraction of sp³-hybridized carbons (Fsp3) is 1.00. The van der Waals surface area contributed by atoms with Crippen LogP contribution in [0.3, 0.4) is 0 Å². The monoisotopic (exact) mass is 199 g/mol. The minimum atomic E-state index is -0.151. The van der Waals surface area contributed by atoms with Crippen LogP contribution in [0.1, 0.15) is 47.0 Å². The molecule has 0 bridgehead atoms. The highest BCUT2D eigenvalue weighted by Crippen LogP contribution is 2.47. The SMILES string of the molecule is CC(C)C(O)CCNC(C)C1(C)CC1. The maximum atomic E-state index is 9.62. The fourth-order valence-electron chi connectivity index (χ4n) is 1.66. The van der Waals surface area contributed by atoms with Gasteiger partial charge in [0.15, 0.2) is 0 Å². The third kappa shape index (κ3) is 3.25. The summed E-state index contributed by atoms with van der Waals surface area (Å²) in [5.41, 5.74) is 0.544. The summed E-state index contributed by atoms with van der Waals surface area (Å²) in [6.07, 6.45) is 3.43. The van der Waals surface area contributed by atoms with Crippen LogP contribution in [0, 0.1) is 11.3 Å². The lowest BCUT2D eigenvalue weighted by atomic mass is 10.00. The first-order valence-electron chi connectivity index (χ1n) is 5.87. The zero-order valence-electron chi connectivity index (χ0n) is 10.0. The quantitative estimate of drug-likeness (QED) is 0.687. The lowest BCUT2D eigenvalue weighted by Gasteiger charge is -2.22. The van der Waals surface area contributed by atoms with E-state index in [9.17, 15) is 5.11 Å². The molecule has 0 aromatic heterocycles. The van der Waals surface area contributed by atoms with Gasteiger partial charge in [0.25, 0.3) is 0 Å².